The van der Waals surface area contributed by atoms with Crippen LogP contribution in [-0.2, 0) is 17.4 Å². The molecule has 1 N–H and O–H groups in total. The third-order valence-corrected chi connectivity index (χ3v) is 4.05. The molecule has 3 rings (SSSR count). The molecule has 3 nitrogen and oxygen atoms in total. The van der Waals surface area contributed by atoms with Gasteiger partial charge in [-0.1, -0.05) is 30.3 Å². The van der Waals surface area contributed by atoms with Crippen LogP contribution >= 0.6 is 0 Å². The highest BCUT2D eigenvalue weighted by Crippen LogP contribution is 2.34. The minimum absolute atomic E-state index is 0.0310. The van der Waals surface area contributed by atoms with Gasteiger partial charge in [0, 0.05) is 12.2 Å². The van der Waals surface area contributed by atoms with Gasteiger partial charge in [-0.3, -0.25) is 4.79 Å². The fraction of sp³-hybridized carbons (Fsp3) is 0.278. The van der Waals surface area contributed by atoms with Crippen LogP contribution in [0.15, 0.2) is 48.5 Å². The zero-order chi connectivity index (χ0) is 17.2. The van der Waals surface area contributed by atoms with Gasteiger partial charge in [0.25, 0.3) is 0 Å². The monoisotopic (exact) mass is 334 g/mol. The Balaban J connectivity index is 1.74. The van der Waals surface area contributed by atoms with Crippen LogP contribution in [0.2, 0.25) is 0 Å². The molecule has 126 valence electrons. The number of nitrogens with zero attached hydrogens (tertiary/aromatic N) is 1. The quantitative estimate of drug-likeness (QED) is 0.917. The summed E-state index contributed by atoms with van der Waals surface area (Å²) in [7, 11) is 0. The zero-order valence-corrected chi connectivity index (χ0v) is 12.9. The molecule has 0 bridgehead atoms. The number of carbonyl (C=O) groups is 1. The first-order valence-electron chi connectivity index (χ1n) is 7.74. The summed E-state index contributed by atoms with van der Waals surface area (Å²) < 4.78 is 39.0. The van der Waals surface area contributed by atoms with Crippen molar-refractivity contribution in [2.75, 3.05) is 23.3 Å². The highest BCUT2D eigenvalue weighted by Gasteiger charge is 2.33. The first-order chi connectivity index (χ1) is 11.4. The number of halogens is 3. The van der Waals surface area contributed by atoms with Gasteiger partial charge in [-0.05, 0) is 36.6 Å². The minimum atomic E-state index is -4.50. The molecule has 2 aromatic rings. The molecule has 1 heterocycles. The number of hydrogen-bond donors (Lipinski definition) is 1. The maximum absolute atomic E-state index is 13.0. The summed E-state index contributed by atoms with van der Waals surface area (Å²) in [4.78, 5) is 14.2. The molecule has 1 aliphatic rings. The second-order valence-electron chi connectivity index (χ2n) is 5.75. The Morgan fingerprint density at radius 3 is 2.58 bits per heavy atom. The molecule has 6 heteroatoms. The SMILES string of the molecule is O=C(CN1CCCc2ccccc21)Nc1ccccc1C(F)(F)F. The Morgan fingerprint density at radius 2 is 1.79 bits per heavy atom. The van der Waals surface area contributed by atoms with Crippen LogP contribution in [-0.4, -0.2) is 19.0 Å². The van der Waals surface area contributed by atoms with Gasteiger partial charge in [-0.2, -0.15) is 13.2 Å². The van der Waals surface area contributed by atoms with E-state index in [4.69, 9.17) is 0 Å². The largest absolute Gasteiger partial charge is 0.418 e. The molecule has 1 amide bonds. The van der Waals surface area contributed by atoms with Gasteiger partial charge in [-0.25, -0.2) is 0 Å². The highest BCUT2D eigenvalue weighted by molar-refractivity contribution is 5.95. The van der Waals surface area contributed by atoms with Crippen LogP contribution < -0.4 is 10.2 Å². The first-order valence-corrected chi connectivity index (χ1v) is 7.74. The van der Waals surface area contributed by atoms with E-state index in [1.807, 2.05) is 29.2 Å². The van der Waals surface area contributed by atoms with Gasteiger partial charge in [0.15, 0.2) is 0 Å². The number of anilines is 2. The van der Waals surface area contributed by atoms with Crippen LogP contribution in [0.25, 0.3) is 0 Å². The van der Waals surface area contributed by atoms with E-state index in [-0.39, 0.29) is 12.2 Å². The lowest BCUT2D eigenvalue weighted by Crippen LogP contribution is -2.37. The van der Waals surface area contributed by atoms with Crippen molar-refractivity contribution in [3.05, 3.63) is 59.7 Å². The molecule has 0 fully saturated rings. The number of carbonyl (C=O) groups excluding carboxylic acids is 1. The molecule has 0 atom stereocenters. The lowest BCUT2D eigenvalue weighted by molar-refractivity contribution is -0.137. The number of rotatable bonds is 3. The summed E-state index contributed by atoms with van der Waals surface area (Å²) >= 11 is 0. The van der Waals surface area contributed by atoms with E-state index < -0.39 is 17.6 Å². The predicted molar refractivity (Wildman–Crippen MR) is 87.0 cm³/mol. The van der Waals surface area contributed by atoms with Crippen molar-refractivity contribution in [2.45, 2.75) is 19.0 Å². The Bertz CT molecular complexity index is 743. The number of benzene rings is 2. The van der Waals surface area contributed by atoms with Crippen LogP contribution in [0.1, 0.15) is 17.5 Å². The van der Waals surface area contributed by atoms with Gasteiger partial charge < -0.3 is 10.2 Å². The molecule has 0 saturated heterocycles. The molecule has 24 heavy (non-hydrogen) atoms. The molecule has 0 spiro atoms. The fourth-order valence-corrected chi connectivity index (χ4v) is 2.98. The third-order valence-electron chi connectivity index (χ3n) is 4.05. The van der Waals surface area contributed by atoms with E-state index >= 15 is 0 Å². The molecule has 2 aromatic carbocycles. The maximum atomic E-state index is 13.0. The van der Waals surface area contributed by atoms with Crippen molar-refractivity contribution in [3.63, 3.8) is 0 Å². The first kappa shape index (κ1) is 16.4. The second-order valence-corrected chi connectivity index (χ2v) is 5.75. The Labute approximate surface area is 138 Å². The van der Waals surface area contributed by atoms with Gasteiger partial charge >= 0.3 is 6.18 Å². The smallest absolute Gasteiger partial charge is 0.362 e. The van der Waals surface area contributed by atoms with Gasteiger partial charge in [-0.15, -0.1) is 0 Å². The average molecular weight is 334 g/mol. The topological polar surface area (TPSA) is 32.3 Å². The van der Waals surface area contributed by atoms with Crippen molar-refractivity contribution >= 4 is 17.3 Å². The molecule has 0 saturated carbocycles. The fourth-order valence-electron chi connectivity index (χ4n) is 2.98. The average Bonchev–Trinajstić information content (AvgIpc) is 2.54. The number of para-hydroxylation sites is 2. The van der Waals surface area contributed by atoms with Crippen LogP contribution in [0, 0.1) is 0 Å². The lowest BCUT2D eigenvalue weighted by atomic mass is 10.0. The number of nitrogens with one attached hydrogen (secondary N) is 1. The molecule has 0 unspecified atom stereocenters. The predicted octanol–water partition coefficient (Wildman–Crippen LogP) is 4.10. The molecule has 1 aliphatic heterocycles. The zero-order valence-electron chi connectivity index (χ0n) is 12.9. The Hall–Kier alpha value is -2.50. The van der Waals surface area contributed by atoms with E-state index in [1.54, 1.807) is 0 Å². The number of fused-ring (bicyclic) bond motifs is 1. The third kappa shape index (κ3) is 3.53. The number of aryl methyl sites for hydroxylation is 1. The lowest BCUT2D eigenvalue weighted by Gasteiger charge is -2.30. The molecular weight excluding hydrogens is 317 g/mol. The van der Waals surface area contributed by atoms with E-state index in [1.165, 1.54) is 18.2 Å². The van der Waals surface area contributed by atoms with Crippen molar-refractivity contribution in [2.24, 2.45) is 0 Å². The van der Waals surface area contributed by atoms with E-state index in [0.29, 0.717) is 6.54 Å². The molecular formula is C18H17F3N2O. The summed E-state index contributed by atoms with van der Waals surface area (Å²) in [5.41, 5.74) is 1.09. The van der Waals surface area contributed by atoms with Crippen LogP contribution in [0.5, 0.6) is 0 Å². The van der Waals surface area contributed by atoms with Crippen LogP contribution in [0.3, 0.4) is 0 Å². The van der Waals surface area contributed by atoms with Crippen molar-refractivity contribution < 1.29 is 18.0 Å². The summed E-state index contributed by atoms with van der Waals surface area (Å²) in [6, 6.07) is 12.8. The highest BCUT2D eigenvalue weighted by atomic mass is 19.4. The minimum Gasteiger partial charge on any atom is -0.362 e. The normalized spacial score (nSPS) is 14.2. The summed E-state index contributed by atoms with van der Waals surface area (Å²) in [5.74, 6) is -0.455. The van der Waals surface area contributed by atoms with Crippen molar-refractivity contribution in [1.29, 1.82) is 0 Å². The van der Waals surface area contributed by atoms with E-state index in [0.717, 1.165) is 30.2 Å². The summed E-state index contributed by atoms with van der Waals surface area (Å²) in [5, 5.41) is 2.39. The number of amides is 1. The second kappa shape index (κ2) is 6.55. The van der Waals surface area contributed by atoms with Gasteiger partial charge in [0.05, 0.1) is 17.8 Å². The number of hydrogen-bond acceptors (Lipinski definition) is 2. The van der Waals surface area contributed by atoms with E-state index in [2.05, 4.69) is 5.32 Å². The van der Waals surface area contributed by atoms with Crippen LogP contribution in [0.4, 0.5) is 24.5 Å². The molecule has 0 aromatic heterocycles. The van der Waals surface area contributed by atoms with Crippen molar-refractivity contribution in [1.82, 2.24) is 0 Å². The van der Waals surface area contributed by atoms with Crippen molar-refractivity contribution in [3.8, 4) is 0 Å². The summed E-state index contributed by atoms with van der Waals surface area (Å²) in [6.07, 6.45) is -2.63. The van der Waals surface area contributed by atoms with E-state index in [9.17, 15) is 18.0 Å². The standard InChI is InChI=1S/C18H17F3N2O/c19-18(20,21)14-8-2-3-9-15(14)22-17(24)12-23-11-5-7-13-6-1-4-10-16(13)23/h1-4,6,8-10H,5,7,11-12H2,(H,22,24). The molecule has 0 radical (unpaired) electrons. The van der Waals surface area contributed by atoms with Gasteiger partial charge in [0.1, 0.15) is 0 Å². The Morgan fingerprint density at radius 1 is 1.08 bits per heavy atom. The maximum Gasteiger partial charge on any atom is 0.418 e. The Kier molecular flexibility index (Phi) is 4.46. The van der Waals surface area contributed by atoms with Gasteiger partial charge in [0.2, 0.25) is 5.91 Å². The summed E-state index contributed by atoms with van der Waals surface area (Å²) in [6.45, 7) is 0.745. The number of alkyl halides is 3. The molecule has 0 aliphatic carbocycles.